The number of ether oxygens (including phenoxy) is 1. The van der Waals surface area contributed by atoms with Gasteiger partial charge >= 0.3 is 0 Å². The van der Waals surface area contributed by atoms with Gasteiger partial charge in [0.15, 0.2) is 17.3 Å². The summed E-state index contributed by atoms with van der Waals surface area (Å²) < 4.78 is 4.88. The Hall–Kier alpha value is -2.44. The van der Waals surface area contributed by atoms with Crippen LogP contribution < -0.4 is 15.8 Å². The molecule has 1 amide bonds. The number of amides is 1. The molecule has 0 aliphatic rings. The third-order valence-corrected chi connectivity index (χ3v) is 2.62. The van der Waals surface area contributed by atoms with E-state index in [-0.39, 0.29) is 22.9 Å². The predicted molar refractivity (Wildman–Crippen MR) is 69.6 cm³/mol. The van der Waals surface area contributed by atoms with E-state index < -0.39 is 11.4 Å². The van der Waals surface area contributed by atoms with E-state index in [2.05, 4.69) is 10.5 Å². The number of methoxy groups -OCH3 is 1. The third kappa shape index (κ3) is 3.27. The molecule has 0 saturated heterocycles. The van der Waals surface area contributed by atoms with Gasteiger partial charge < -0.3 is 26.1 Å². The van der Waals surface area contributed by atoms with Gasteiger partial charge in [-0.15, -0.1) is 0 Å². The average molecular weight is 267 g/mol. The van der Waals surface area contributed by atoms with E-state index in [1.165, 1.54) is 25.3 Å². The number of hydrogen-bond acceptors (Lipinski definition) is 5. The molecule has 104 valence electrons. The summed E-state index contributed by atoms with van der Waals surface area (Å²) in [5, 5.41) is 23.7. The van der Waals surface area contributed by atoms with Crippen LogP contribution in [0.4, 0.5) is 0 Å². The van der Waals surface area contributed by atoms with Crippen molar-refractivity contribution in [1.29, 1.82) is 0 Å². The van der Waals surface area contributed by atoms with Gasteiger partial charge in [-0.2, -0.15) is 0 Å². The van der Waals surface area contributed by atoms with Crippen LogP contribution in [0, 0.1) is 0 Å². The van der Waals surface area contributed by atoms with Crippen molar-refractivity contribution in [3.63, 3.8) is 0 Å². The van der Waals surface area contributed by atoms with E-state index >= 15 is 0 Å². The molecule has 0 saturated carbocycles. The van der Waals surface area contributed by atoms with Crippen LogP contribution in [0.3, 0.4) is 0 Å². The van der Waals surface area contributed by atoms with Crippen molar-refractivity contribution in [1.82, 2.24) is 5.32 Å². The molecule has 1 aromatic rings. The molecule has 7 heteroatoms. The summed E-state index contributed by atoms with van der Waals surface area (Å²) in [4.78, 5) is 12.0. The highest BCUT2D eigenvalue weighted by molar-refractivity contribution is 6.00. The summed E-state index contributed by atoms with van der Waals surface area (Å²) in [6, 6.07) is 4.24. The van der Waals surface area contributed by atoms with Gasteiger partial charge in [0.05, 0.1) is 12.6 Å². The smallest absolute Gasteiger partial charge is 0.252 e. The Morgan fingerprint density at radius 3 is 2.58 bits per heavy atom. The molecule has 0 radical (unpaired) electrons. The van der Waals surface area contributed by atoms with Crippen LogP contribution in [0.2, 0.25) is 0 Å². The number of nitrogens with two attached hydrogens (primary N) is 1. The first kappa shape index (κ1) is 14.6. The number of benzene rings is 1. The molecular weight excluding hydrogens is 250 g/mol. The molecule has 7 nitrogen and oxygen atoms in total. The topological polar surface area (TPSA) is 117 Å². The molecule has 0 spiro atoms. The number of nitrogens with one attached hydrogen (secondary N) is 1. The Kier molecular flexibility index (Phi) is 4.21. The first-order valence-electron chi connectivity index (χ1n) is 5.49. The van der Waals surface area contributed by atoms with Crippen LogP contribution in [0.5, 0.6) is 11.5 Å². The number of phenols is 1. The maximum Gasteiger partial charge on any atom is 0.252 e. The number of rotatable bonds is 4. The van der Waals surface area contributed by atoms with Crippen molar-refractivity contribution >= 4 is 11.7 Å². The van der Waals surface area contributed by atoms with Gasteiger partial charge in [-0.1, -0.05) is 5.16 Å². The summed E-state index contributed by atoms with van der Waals surface area (Å²) >= 11 is 0. The van der Waals surface area contributed by atoms with Crippen molar-refractivity contribution in [2.24, 2.45) is 10.9 Å². The van der Waals surface area contributed by atoms with Crippen LogP contribution in [-0.2, 0) is 0 Å². The van der Waals surface area contributed by atoms with Gasteiger partial charge in [0.2, 0.25) is 0 Å². The standard InChI is InChI=1S/C12H17N3O4/c1-12(2,11(13)15-18)14-10(17)7-4-5-9(19-3)8(16)6-7/h4-6,16,18H,1-3H3,(H2,13,15)(H,14,17). The molecule has 0 atom stereocenters. The Balaban J connectivity index is 2.93. The highest BCUT2D eigenvalue weighted by Gasteiger charge is 2.26. The first-order chi connectivity index (χ1) is 8.81. The minimum Gasteiger partial charge on any atom is -0.504 e. The molecule has 19 heavy (non-hydrogen) atoms. The fraction of sp³-hybridized carbons (Fsp3) is 0.333. The molecule has 0 aromatic heterocycles. The summed E-state index contributed by atoms with van der Waals surface area (Å²) in [7, 11) is 1.41. The lowest BCUT2D eigenvalue weighted by molar-refractivity contribution is 0.0930. The number of carbonyl (C=O) groups excluding carboxylic acids is 1. The predicted octanol–water partition coefficient (Wildman–Crippen LogP) is 0.656. The zero-order valence-corrected chi connectivity index (χ0v) is 11.0. The van der Waals surface area contributed by atoms with Gasteiger partial charge in [0.1, 0.15) is 0 Å². The van der Waals surface area contributed by atoms with Crippen molar-refractivity contribution in [2.75, 3.05) is 7.11 Å². The molecule has 0 fully saturated rings. The molecule has 0 aliphatic heterocycles. The second-order valence-corrected chi connectivity index (χ2v) is 4.45. The number of aromatic hydroxyl groups is 1. The molecule has 0 heterocycles. The Labute approximate surface area is 110 Å². The van der Waals surface area contributed by atoms with Crippen molar-refractivity contribution in [3.8, 4) is 11.5 Å². The normalized spacial score (nSPS) is 12.1. The number of carbonyl (C=O) groups is 1. The average Bonchev–Trinajstić information content (AvgIpc) is 2.36. The lowest BCUT2D eigenvalue weighted by Gasteiger charge is -2.24. The van der Waals surface area contributed by atoms with Crippen LogP contribution in [0.25, 0.3) is 0 Å². The monoisotopic (exact) mass is 267 g/mol. The molecule has 0 aliphatic carbocycles. The van der Waals surface area contributed by atoms with Crippen LogP contribution in [-0.4, -0.2) is 34.7 Å². The number of oxime groups is 1. The number of phenolic OH excluding ortho intramolecular Hbond substituents is 1. The van der Waals surface area contributed by atoms with E-state index in [1.54, 1.807) is 13.8 Å². The van der Waals surface area contributed by atoms with Gasteiger partial charge in [-0.3, -0.25) is 4.79 Å². The molecule has 1 aromatic carbocycles. The summed E-state index contributed by atoms with van der Waals surface area (Å²) in [5.74, 6) is -0.461. The minimum absolute atomic E-state index is 0.126. The molecule has 0 bridgehead atoms. The van der Waals surface area contributed by atoms with E-state index in [0.717, 1.165) is 0 Å². The van der Waals surface area contributed by atoms with Gasteiger partial charge in [-0.25, -0.2) is 0 Å². The SMILES string of the molecule is COc1ccc(C(=O)NC(C)(C)C(N)=NO)cc1O. The van der Waals surface area contributed by atoms with Gasteiger partial charge in [0.25, 0.3) is 5.91 Å². The van der Waals surface area contributed by atoms with Crippen LogP contribution in [0.15, 0.2) is 23.4 Å². The molecule has 1 rings (SSSR count). The highest BCUT2D eigenvalue weighted by atomic mass is 16.5. The Morgan fingerprint density at radius 2 is 2.11 bits per heavy atom. The summed E-state index contributed by atoms with van der Waals surface area (Å²) in [6.07, 6.45) is 0. The minimum atomic E-state index is -1.01. The number of nitrogens with zero attached hydrogens (tertiary/aromatic N) is 1. The molecule has 5 N–H and O–H groups in total. The number of amidine groups is 1. The Morgan fingerprint density at radius 1 is 1.47 bits per heavy atom. The molecule has 0 unspecified atom stereocenters. The summed E-state index contributed by atoms with van der Waals surface area (Å²) in [5.41, 5.74) is 4.69. The second-order valence-electron chi connectivity index (χ2n) is 4.45. The van der Waals surface area contributed by atoms with Crippen LogP contribution >= 0.6 is 0 Å². The van der Waals surface area contributed by atoms with Gasteiger partial charge in [0, 0.05) is 5.56 Å². The maximum absolute atomic E-state index is 12.0. The van der Waals surface area contributed by atoms with E-state index in [4.69, 9.17) is 15.7 Å². The van der Waals surface area contributed by atoms with Crippen molar-refractivity contribution in [2.45, 2.75) is 19.4 Å². The zero-order valence-electron chi connectivity index (χ0n) is 11.0. The number of hydrogen-bond donors (Lipinski definition) is 4. The second kappa shape index (κ2) is 5.47. The lowest BCUT2D eigenvalue weighted by atomic mass is 10.0. The maximum atomic E-state index is 12.0. The fourth-order valence-electron chi connectivity index (χ4n) is 1.38. The lowest BCUT2D eigenvalue weighted by Crippen LogP contribution is -2.53. The third-order valence-electron chi connectivity index (χ3n) is 2.62. The first-order valence-corrected chi connectivity index (χ1v) is 5.49. The van der Waals surface area contributed by atoms with E-state index in [0.29, 0.717) is 0 Å². The zero-order chi connectivity index (χ0) is 14.6. The van der Waals surface area contributed by atoms with Gasteiger partial charge in [-0.05, 0) is 32.0 Å². The van der Waals surface area contributed by atoms with Crippen LogP contribution in [0.1, 0.15) is 24.2 Å². The highest BCUT2D eigenvalue weighted by Crippen LogP contribution is 2.26. The Bertz CT molecular complexity index is 512. The summed E-state index contributed by atoms with van der Waals surface area (Å²) in [6.45, 7) is 3.17. The van der Waals surface area contributed by atoms with Crippen molar-refractivity contribution in [3.05, 3.63) is 23.8 Å². The fourth-order valence-corrected chi connectivity index (χ4v) is 1.38. The van der Waals surface area contributed by atoms with Crippen molar-refractivity contribution < 1.29 is 19.8 Å². The van der Waals surface area contributed by atoms with E-state index in [1.807, 2.05) is 0 Å². The molecular formula is C12H17N3O4. The largest absolute Gasteiger partial charge is 0.504 e. The quantitative estimate of drug-likeness (QED) is 0.276. The van der Waals surface area contributed by atoms with E-state index in [9.17, 15) is 9.90 Å².